The van der Waals surface area contributed by atoms with Gasteiger partial charge in [0.05, 0.1) is 13.2 Å². The van der Waals surface area contributed by atoms with Gasteiger partial charge in [-0.05, 0) is 0 Å². The highest BCUT2D eigenvalue weighted by Gasteiger charge is 2.74. The van der Waals surface area contributed by atoms with E-state index in [0.29, 0.717) is 0 Å². The van der Waals surface area contributed by atoms with Crippen LogP contribution in [0, 0.1) is 0 Å². The highest BCUT2D eigenvalue weighted by molar-refractivity contribution is 7.85. The van der Waals surface area contributed by atoms with E-state index in [1.54, 1.807) is 0 Å². The van der Waals surface area contributed by atoms with Crippen molar-refractivity contribution < 1.29 is 48.8 Å². The van der Waals surface area contributed by atoms with Crippen molar-refractivity contribution in [1.82, 2.24) is 0 Å². The van der Waals surface area contributed by atoms with Crippen LogP contribution in [0.1, 0.15) is 0 Å². The van der Waals surface area contributed by atoms with E-state index in [1.165, 1.54) is 0 Å². The number of epoxide rings is 1. The quantitative estimate of drug-likeness (QED) is 0.467. The van der Waals surface area contributed by atoms with Crippen LogP contribution in [0.15, 0.2) is 0 Å². The fourth-order valence-corrected chi connectivity index (χ4v) is 2.11. The number of hydrogen-bond acceptors (Lipinski definition) is 4. The molecular weight excluding hydrogens is 310 g/mol. The zero-order chi connectivity index (χ0) is 15.1. The van der Waals surface area contributed by atoms with E-state index in [9.17, 15) is 34.8 Å². The molecule has 1 saturated heterocycles. The Bertz CT molecular complexity index is 408. The van der Waals surface area contributed by atoms with E-state index in [4.69, 9.17) is 4.55 Å². The fraction of sp³-hybridized carbons (Fsp3) is 1.00. The number of rotatable bonds is 5. The standard InChI is InChI=1S/C7H8F6O5S/c8-6(9,10)5(7(11,12)13,3-19(14,15)16)18-2-4-1-17-4/h4H,1-3H2,(H,14,15,16). The van der Waals surface area contributed by atoms with Crippen LogP contribution in [0.5, 0.6) is 0 Å². The molecule has 1 aliphatic rings. The van der Waals surface area contributed by atoms with Gasteiger partial charge in [0.15, 0.2) is 0 Å². The maximum atomic E-state index is 12.6. The Balaban J connectivity index is 3.15. The van der Waals surface area contributed by atoms with Gasteiger partial charge in [-0.2, -0.15) is 34.8 Å². The highest BCUT2D eigenvalue weighted by Crippen LogP contribution is 2.47. The second-order valence-electron chi connectivity index (χ2n) is 3.82. The summed E-state index contributed by atoms with van der Waals surface area (Å²) < 4.78 is 113. The molecule has 0 aromatic carbocycles. The minimum absolute atomic E-state index is 0.0856. The Hall–Kier alpha value is -0.590. The molecule has 0 radical (unpaired) electrons. The van der Waals surface area contributed by atoms with Crippen molar-refractivity contribution in [3.8, 4) is 0 Å². The molecule has 1 fully saturated rings. The maximum absolute atomic E-state index is 12.6. The summed E-state index contributed by atoms with van der Waals surface area (Å²) in [5, 5.41) is 0. The van der Waals surface area contributed by atoms with Gasteiger partial charge < -0.3 is 9.47 Å². The number of ether oxygens (including phenoxy) is 2. The summed E-state index contributed by atoms with van der Waals surface area (Å²) in [6.45, 7) is -1.17. The SMILES string of the molecule is O=S(=O)(O)CC(OCC1CO1)(C(F)(F)F)C(F)(F)F. The molecule has 0 spiro atoms. The van der Waals surface area contributed by atoms with Crippen LogP contribution in [0.2, 0.25) is 0 Å². The normalized spacial score (nSPS) is 21.5. The monoisotopic (exact) mass is 318 g/mol. The van der Waals surface area contributed by atoms with Gasteiger partial charge in [0.25, 0.3) is 15.7 Å². The zero-order valence-corrected chi connectivity index (χ0v) is 9.77. The third-order valence-electron chi connectivity index (χ3n) is 2.22. The first-order valence-electron chi connectivity index (χ1n) is 4.63. The molecule has 0 bridgehead atoms. The maximum Gasteiger partial charge on any atom is 0.427 e. The summed E-state index contributed by atoms with van der Waals surface area (Å²) >= 11 is 0. The van der Waals surface area contributed by atoms with Crippen LogP contribution in [0.4, 0.5) is 26.3 Å². The third kappa shape index (κ3) is 3.94. The predicted molar refractivity (Wildman–Crippen MR) is 46.9 cm³/mol. The van der Waals surface area contributed by atoms with Crippen LogP contribution >= 0.6 is 0 Å². The molecule has 0 aromatic heterocycles. The Morgan fingerprint density at radius 1 is 1.16 bits per heavy atom. The lowest BCUT2D eigenvalue weighted by Crippen LogP contribution is -2.63. The minimum Gasteiger partial charge on any atom is -0.371 e. The van der Waals surface area contributed by atoms with E-state index in [-0.39, 0.29) is 6.61 Å². The molecule has 1 aliphatic heterocycles. The van der Waals surface area contributed by atoms with Crippen molar-refractivity contribution in [3.63, 3.8) is 0 Å². The third-order valence-corrected chi connectivity index (χ3v) is 2.99. The van der Waals surface area contributed by atoms with Gasteiger partial charge >= 0.3 is 12.4 Å². The molecular formula is C7H8F6O5S. The van der Waals surface area contributed by atoms with Crippen molar-refractivity contribution in [3.05, 3.63) is 0 Å². The second-order valence-corrected chi connectivity index (χ2v) is 5.27. The molecule has 5 nitrogen and oxygen atoms in total. The van der Waals surface area contributed by atoms with Crippen LogP contribution in [0.25, 0.3) is 0 Å². The number of halogens is 6. The van der Waals surface area contributed by atoms with Gasteiger partial charge in [-0.3, -0.25) is 4.55 Å². The summed E-state index contributed by atoms with van der Waals surface area (Å²) in [5.74, 6) is -2.67. The molecule has 0 saturated carbocycles. The summed E-state index contributed by atoms with van der Waals surface area (Å²) in [7, 11) is -5.58. The molecule has 0 aromatic rings. The van der Waals surface area contributed by atoms with E-state index in [2.05, 4.69) is 9.47 Å². The van der Waals surface area contributed by atoms with E-state index in [1.807, 2.05) is 0 Å². The smallest absolute Gasteiger partial charge is 0.371 e. The lowest BCUT2D eigenvalue weighted by molar-refractivity contribution is -0.372. The first kappa shape index (κ1) is 16.5. The molecule has 0 aliphatic carbocycles. The topological polar surface area (TPSA) is 76.1 Å². The first-order chi connectivity index (χ1) is 8.29. The fourth-order valence-electron chi connectivity index (χ4n) is 1.19. The molecule has 1 atom stereocenters. The minimum atomic E-state index is -6.07. The van der Waals surface area contributed by atoms with Crippen molar-refractivity contribution in [2.45, 2.75) is 24.1 Å². The average Bonchev–Trinajstić information content (AvgIpc) is 2.89. The van der Waals surface area contributed by atoms with Crippen LogP contribution < -0.4 is 0 Å². The Morgan fingerprint density at radius 2 is 1.58 bits per heavy atom. The van der Waals surface area contributed by atoms with Crippen molar-refractivity contribution in [2.75, 3.05) is 19.0 Å². The molecule has 1 rings (SSSR count). The van der Waals surface area contributed by atoms with Crippen LogP contribution in [0.3, 0.4) is 0 Å². The van der Waals surface area contributed by atoms with Crippen LogP contribution in [-0.2, 0) is 19.6 Å². The van der Waals surface area contributed by atoms with Gasteiger partial charge in [0.2, 0.25) is 0 Å². The zero-order valence-electron chi connectivity index (χ0n) is 8.95. The Labute approximate surface area is 103 Å². The van der Waals surface area contributed by atoms with Gasteiger partial charge in [-0.1, -0.05) is 0 Å². The Morgan fingerprint density at radius 3 is 1.84 bits per heavy atom. The average molecular weight is 318 g/mol. The van der Waals surface area contributed by atoms with Gasteiger partial charge in [-0.25, -0.2) is 0 Å². The van der Waals surface area contributed by atoms with E-state index < -0.39 is 46.5 Å². The largest absolute Gasteiger partial charge is 0.427 e. The van der Waals surface area contributed by atoms with Crippen molar-refractivity contribution >= 4 is 10.1 Å². The van der Waals surface area contributed by atoms with Crippen molar-refractivity contribution in [2.24, 2.45) is 0 Å². The first-order valence-corrected chi connectivity index (χ1v) is 6.23. The van der Waals surface area contributed by atoms with Crippen LogP contribution in [-0.4, -0.2) is 56.0 Å². The molecule has 1 unspecified atom stereocenters. The highest BCUT2D eigenvalue weighted by atomic mass is 32.2. The molecule has 1 heterocycles. The number of alkyl halides is 6. The lowest BCUT2D eigenvalue weighted by Gasteiger charge is -2.35. The lowest BCUT2D eigenvalue weighted by atomic mass is 10.1. The van der Waals surface area contributed by atoms with E-state index >= 15 is 0 Å². The predicted octanol–water partition coefficient (Wildman–Crippen LogP) is 1.15. The number of hydrogen-bond donors (Lipinski definition) is 1. The van der Waals surface area contributed by atoms with Gasteiger partial charge in [-0.15, -0.1) is 0 Å². The van der Waals surface area contributed by atoms with E-state index in [0.717, 1.165) is 0 Å². The molecule has 114 valence electrons. The summed E-state index contributed by atoms with van der Waals surface area (Å²) in [5.41, 5.74) is -4.99. The molecule has 12 heteroatoms. The second kappa shape index (κ2) is 4.75. The van der Waals surface area contributed by atoms with Crippen molar-refractivity contribution in [1.29, 1.82) is 0 Å². The van der Waals surface area contributed by atoms with Gasteiger partial charge in [0.1, 0.15) is 11.9 Å². The summed E-state index contributed by atoms with van der Waals surface area (Å²) in [6.07, 6.45) is -13.1. The summed E-state index contributed by atoms with van der Waals surface area (Å²) in [6, 6.07) is 0. The molecule has 1 N–H and O–H groups in total. The summed E-state index contributed by atoms with van der Waals surface area (Å²) in [4.78, 5) is 0. The molecule has 0 amide bonds. The Kier molecular flexibility index (Phi) is 4.12. The molecule has 19 heavy (non-hydrogen) atoms. The van der Waals surface area contributed by atoms with Gasteiger partial charge in [0, 0.05) is 0 Å².